The third-order valence-electron chi connectivity index (χ3n) is 5.58. The lowest BCUT2D eigenvalue weighted by atomic mass is 9.79. The summed E-state index contributed by atoms with van der Waals surface area (Å²) in [6.45, 7) is 5.78. The Morgan fingerprint density at radius 3 is 2.59 bits per heavy atom. The SMILES string of the molecule is C=CCOc1c(Br)cc([C@@H]2C(C(=O)OC)=C(C)NC3=C2C(=O)c2ccccc23)cc1OC. The summed E-state index contributed by atoms with van der Waals surface area (Å²) < 4.78 is 17.0. The predicted octanol–water partition coefficient (Wildman–Crippen LogP) is 4.76. The summed E-state index contributed by atoms with van der Waals surface area (Å²) in [6, 6.07) is 11.0. The first-order valence-corrected chi connectivity index (χ1v) is 10.8. The highest BCUT2D eigenvalue weighted by Crippen LogP contribution is 2.49. The Morgan fingerprint density at radius 1 is 1.22 bits per heavy atom. The van der Waals surface area contributed by atoms with Gasteiger partial charge in [-0.25, -0.2) is 4.79 Å². The molecule has 0 bridgehead atoms. The van der Waals surface area contributed by atoms with Crippen molar-refractivity contribution in [1.82, 2.24) is 5.32 Å². The number of rotatable bonds is 6. The van der Waals surface area contributed by atoms with E-state index >= 15 is 0 Å². The second-order valence-corrected chi connectivity index (χ2v) is 8.24. The van der Waals surface area contributed by atoms with Crippen LogP contribution in [0.25, 0.3) is 5.70 Å². The fourth-order valence-corrected chi connectivity index (χ4v) is 4.81. The number of carbonyl (C=O) groups excluding carboxylic acids is 2. The van der Waals surface area contributed by atoms with Gasteiger partial charge in [0.2, 0.25) is 0 Å². The molecule has 6 nitrogen and oxygen atoms in total. The Kier molecular flexibility index (Phi) is 5.93. The monoisotopic (exact) mass is 495 g/mol. The number of nitrogens with one attached hydrogen (secondary N) is 1. The van der Waals surface area contributed by atoms with Crippen molar-refractivity contribution >= 4 is 33.4 Å². The van der Waals surface area contributed by atoms with Crippen molar-refractivity contribution in [3.63, 3.8) is 0 Å². The summed E-state index contributed by atoms with van der Waals surface area (Å²) in [5.74, 6) is -0.277. The van der Waals surface area contributed by atoms with E-state index in [1.165, 1.54) is 7.11 Å². The number of fused-ring (bicyclic) bond motifs is 2. The van der Waals surface area contributed by atoms with Crippen molar-refractivity contribution in [3.8, 4) is 11.5 Å². The lowest BCUT2D eigenvalue weighted by Crippen LogP contribution is -2.29. The van der Waals surface area contributed by atoms with Crippen LogP contribution in [-0.4, -0.2) is 32.6 Å². The van der Waals surface area contributed by atoms with E-state index in [9.17, 15) is 9.59 Å². The quantitative estimate of drug-likeness (QED) is 0.459. The molecule has 0 spiro atoms. The molecule has 4 rings (SSSR count). The number of ether oxygens (including phenoxy) is 3. The van der Waals surface area contributed by atoms with Crippen LogP contribution >= 0.6 is 15.9 Å². The summed E-state index contributed by atoms with van der Waals surface area (Å²) in [7, 11) is 2.87. The number of Topliss-reactive ketones (excluding diaryl/α,β-unsaturated/α-hetero) is 1. The summed E-state index contributed by atoms with van der Waals surface area (Å²) in [5, 5.41) is 3.27. The van der Waals surface area contributed by atoms with E-state index in [4.69, 9.17) is 14.2 Å². The van der Waals surface area contributed by atoms with E-state index in [0.717, 1.165) is 5.56 Å². The zero-order valence-corrected chi connectivity index (χ0v) is 19.5. The smallest absolute Gasteiger partial charge is 0.336 e. The zero-order valence-electron chi connectivity index (χ0n) is 18.0. The predicted molar refractivity (Wildman–Crippen MR) is 125 cm³/mol. The highest BCUT2D eigenvalue weighted by molar-refractivity contribution is 9.10. The number of esters is 1. The number of hydrogen-bond donors (Lipinski definition) is 1. The molecule has 2 aromatic carbocycles. The van der Waals surface area contributed by atoms with Crippen molar-refractivity contribution in [2.24, 2.45) is 0 Å². The topological polar surface area (TPSA) is 73.9 Å². The maximum absolute atomic E-state index is 13.5. The van der Waals surface area contributed by atoms with Crippen molar-refractivity contribution in [2.75, 3.05) is 20.8 Å². The molecule has 0 radical (unpaired) electrons. The van der Waals surface area contributed by atoms with Gasteiger partial charge in [0, 0.05) is 28.3 Å². The molecule has 0 saturated carbocycles. The summed E-state index contributed by atoms with van der Waals surface area (Å²) >= 11 is 3.55. The highest BCUT2D eigenvalue weighted by atomic mass is 79.9. The number of hydrogen-bond acceptors (Lipinski definition) is 6. The number of halogens is 1. The van der Waals surface area contributed by atoms with Gasteiger partial charge >= 0.3 is 5.97 Å². The van der Waals surface area contributed by atoms with Crippen LogP contribution in [0.1, 0.15) is 34.3 Å². The van der Waals surface area contributed by atoms with Crippen LogP contribution in [0.4, 0.5) is 0 Å². The molecule has 1 aliphatic heterocycles. The minimum atomic E-state index is -0.641. The number of carbonyl (C=O) groups is 2. The van der Waals surface area contributed by atoms with E-state index in [0.29, 0.717) is 56.2 Å². The average Bonchev–Trinajstić information content (AvgIpc) is 3.08. The summed E-state index contributed by atoms with van der Waals surface area (Å²) in [5.41, 5.74) is 4.35. The molecule has 0 unspecified atom stereocenters. The van der Waals surface area contributed by atoms with Gasteiger partial charge in [0.15, 0.2) is 17.3 Å². The fourth-order valence-electron chi connectivity index (χ4n) is 4.23. The molecule has 0 amide bonds. The van der Waals surface area contributed by atoms with E-state index in [-0.39, 0.29) is 5.78 Å². The standard InChI is InChI=1S/C25H22BrNO5/c1-5-10-32-24-17(26)11-14(12-18(24)30-3)20-19(25(29)31-4)13(2)27-22-15-8-6-7-9-16(15)23(28)21(20)22/h5-9,11-12,20,27H,1,10H2,2-4H3/t20-/m1/s1. The zero-order chi connectivity index (χ0) is 23.0. The minimum Gasteiger partial charge on any atom is -0.493 e. The number of ketones is 1. The molecule has 1 atom stereocenters. The third kappa shape index (κ3) is 3.42. The van der Waals surface area contributed by atoms with E-state index in [1.807, 2.05) is 31.2 Å². The number of allylic oxidation sites excluding steroid dienone is 2. The van der Waals surface area contributed by atoms with Gasteiger partial charge < -0.3 is 19.5 Å². The van der Waals surface area contributed by atoms with Gasteiger partial charge in [0.05, 0.1) is 30.0 Å². The van der Waals surface area contributed by atoms with Crippen molar-refractivity contribution in [2.45, 2.75) is 12.8 Å². The summed E-state index contributed by atoms with van der Waals surface area (Å²) in [4.78, 5) is 26.3. The normalized spacial score (nSPS) is 16.9. The molecule has 7 heteroatoms. The summed E-state index contributed by atoms with van der Waals surface area (Å²) in [6.07, 6.45) is 1.64. The van der Waals surface area contributed by atoms with Crippen molar-refractivity contribution < 1.29 is 23.8 Å². The first-order chi connectivity index (χ1) is 15.4. The molecule has 2 aromatic rings. The van der Waals surface area contributed by atoms with Gasteiger partial charge in [-0.05, 0) is 40.5 Å². The Hall–Kier alpha value is -3.32. The molecule has 32 heavy (non-hydrogen) atoms. The molecule has 1 heterocycles. The minimum absolute atomic E-state index is 0.121. The molecule has 0 saturated heterocycles. The number of dihydropyridines is 1. The average molecular weight is 496 g/mol. The van der Waals surface area contributed by atoms with Gasteiger partial charge in [-0.1, -0.05) is 36.9 Å². The number of benzene rings is 2. The van der Waals surface area contributed by atoms with Gasteiger partial charge in [-0.2, -0.15) is 0 Å². The van der Waals surface area contributed by atoms with Gasteiger partial charge in [0.25, 0.3) is 0 Å². The van der Waals surface area contributed by atoms with Crippen LogP contribution in [0.3, 0.4) is 0 Å². The molecule has 164 valence electrons. The Balaban J connectivity index is 1.94. The van der Waals surface area contributed by atoms with Gasteiger partial charge in [0.1, 0.15) is 6.61 Å². The number of methoxy groups -OCH3 is 2. The maximum atomic E-state index is 13.5. The van der Waals surface area contributed by atoms with Crippen LogP contribution in [0.2, 0.25) is 0 Å². The van der Waals surface area contributed by atoms with Crippen molar-refractivity contribution in [3.05, 3.63) is 87.1 Å². The Morgan fingerprint density at radius 2 is 1.94 bits per heavy atom. The maximum Gasteiger partial charge on any atom is 0.336 e. The van der Waals surface area contributed by atoms with E-state index in [1.54, 1.807) is 25.3 Å². The second kappa shape index (κ2) is 8.67. The molecule has 0 fully saturated rings. The Bertz CT molecular complexity index is 1210. The third-order valence-corrected chi connectivity index (χ3v) is 6.17. The lowest BCUT2D eigenvalue weighted by Gasteiger charge is -2.29. The van der Waals surface area contributed by atoms with Gasteiger partial charge in [-0.15, -0.1) is 0 Å². The fraction of sp³-hybridized carbons (Fsp3) is 0.200. The molecule has 1 aliphatic carbocycles. The second-order valence-electron chi connectivity index (χ2n) is 7.39. The van der Waals surface area contributed by atoms with Crippen LogP contribution in [0.15, 0.2) is 70.4 Å². The molecule has 1 N–H and O–H groups in total. The van der Waals surface area contributed by atoms with Gasteiger partial charge in [-0.3, -0.25) is 4.79 Å². The Labute approximate surface area is 194 Å². The largest absolute Gasteiger partial charge is 0.493 e. The van der Waals surface area contributed by atoms with Crippen LogP contribution < -0.4 is 14.8 Å². The van der Waals surface area contributed by atoms with Crippen LogP contribution in [-0.2, 0) is 9.53 Å². The molecular formula is C25H22BrNO5. The molecule has 0 aromatic heterocycles. The highest BCUT2D eigenvalue weighted by Gasteiger charge is 2.43. The van der Waals surface area contributed by atoms with Crippen molar-refractivity contribution in [1.29, 1.82) is 0 Å². The van der Waals surface area contributed by atoms with E-state index < -0.39 is 11.9 Å². The van der Waals surface area contributed by atoms with E-state index in [2.05, 4.69) is 27.8 Å². The first kappa shape index (κ1) is 21.9. The van der Waals surface area contributed by atoms with Crippen LogP contribution in [0.5, 0.6) is 11.5 Å². The molecule has 2 aliphatic rings. The first-order valence-electron chi connectivity index (χ1n) is 9.98. The molecular weight excluding hydrogens is 474 g/mol. The van der Waals surface area contributed by atoms with Crippen LogP contribution in [0, 0.1) is 0 Å². The lowest BCUT2D eigenvalue weighted by molar-refractivity contribution is -0.136.